The van der Waals surface area contributed by atoms with Crippen molar-refractivity contribution in [1.29, 1.82) is 0 Å². The van der Waals surface area contributed by atoms with Gasteiger partial charge in [-0.05, 0) is 179 Å². The lowest BCUT2D eigenvalue weighted by molar-refractivity contribution is -0.337. The Morgan fingerprint density at radius 2 is 1.72 bits per heavy atom. The zero-order chi connectivity index (χ0) is 49.7. The van der Waals surface area contributed by atoms with Crippen LogP contribution in [0.4, 0.5) is 0 Å². The normalized spacial score (nSPS) is 45.9. The highest BCUT2D eigenvalue weighted by Crippen LogP contribution is 2.79. The molecule has 6 saturated carbocycles. The molecule has 16 unspecified atom stereocenters. The number of carboxylic acid groups (broad SMARTS) is 1. The number of Topliss-reactive ketones (excluding diaryl/α,β-unsaturated/α-hetero) is 1. The van der Waals surface area contributed by atoms with Gasteiger partial charge in [-0.15, -0.1) is 0 Å². The molecule has 72 heavy (non-hydrogen) atoms. The maximum Gasteiger partial charge on any atom is 0.335 e. The number of allylic oxidation sites excluding steroid dienone is 1. The Morgan fingerprint density at radius 1 is 0.917 bits per heavy atom. The maximum atomic E-state index is 13.1. The fourth-order valence-electron chi connectivity index (χ4n) is 20.6. The molecule has 0 radical (unpaired) electrons. The number of aliphatic hydroxyl groups is 4. The number of benzene rings is 2. The predicted octanol–water partition coefficient (Wildman–Crippen LogP) is 6.55. The van der Waals surface area contributed by atoms with Crippen LogP contribution in [0, 0.1) is 51.8 Å². The predicted molar refractivity (Wildman–Crippen MR) is 260 cm³/mol. The van der Waals surface area contributed by atoms with Crippen molar-refractivity contribution in [2.75, 3.05) is 19.8 Å². The molecule has 2 aromatic carbocycles. The van der Waals surface area contributed by atoms with E-state index in [1.165, 1.54) is 102 Å². The average Bonchev–Trinajstić information content (AvgIpc) is 4.17. The molecular formula is C57H72N2O13. The summed E-state index contributed by atoms with van der Waals surface area (Å²) in [6.45, 7) is 3.83. The number of carbonyl (C=O) groups excluding carboxylic acids is 1. The third kappa shape index (κ3) is 5.84. The van der Waals surface area contributed by atoms with Crippen LogP contribution in [0.5, 0.6) is 17.2 Å². The molecule has 9 N–H and O–H groups in total. The molecule has 5 aliphatic heterocycles. The molecule has 388 valence electrons. The fourth-order valence-corrected chi connectivity index (χ4v) is 20.6. The topological polar surface area (TPSA) is 237 Å². The van der Waals surface area contributed by atoms with E-state index < -0.39 is 76.6 Å². The molecule has 0 aromatic heterocycles. The number of ketones is 1. The van der Waals surface area contributed by atoms with Crippen molar-refractivity contribution in [1.82, 2.24) is 10.9 Å². The number of hydrogen-bond acceptors (Lipinski definition) is 14. The van der Waals surface area contributed by atoms with Crippen LogP contribution in [0.25, 0.3) is 10.8 Å². The minimum absolute atomic E-state index is 0.0118. The Morgan fingerprint density at radius 3 is 2.50 bits per heavy atom. The van der Waals surface area contributed by atoms with Crippen molar-refractivity contribution >= 4 is 22.5 Å². The largest absolute Gasteiger partial charge is 0.507 e. The Balaban J connectivity index is 0.877. The van der Waals surface area contributed by atoms with Crippen molar-refractivity contribution in [2.45, 2.75) is 190 Å². The summed E-state index contributed by atoms with van der Waals surface area (Å²) in [7, 11) is 0. The lowest BCUT2D eigenvalue weighted by Gasteiger charge is -2.72. The monoisotopic (exact) mass is 993 g/mol. The van der Waals surface area contributed by atoms with Crippen LogP contribution in [0.1, 0.15) is 155 Å². The number of phenols is 2. The highest BCUT2D eigenvalue weighted by atomic mass is 16.7. The number of rotatable bonds is 6. The Bertz CT molecular complexity index is 2770. The summed E-state index contributed by atoms with van der Waals surface area (Å²) in [5, 5.41) is 82.0. The van der Waals surface area contributed by atoms with Crippen LogP contribution >= 0.6 is 0 Å². The first-order valence-corrected chi connectivity index (χ1v) is 27.4. The molecular weight excluding hydrogens is 921 g/mol. The van der Waals surface area contributed by atoms with Crippen molar-refractivity contribution in [3.63, 3.8) is 0 Å². The average molecular weight is 993 g/mol. The number of nitrogens with one attached hydrogen (secondary N) is 2. The lowest BCUT2D eigenvalue weighted by Crippen LogP contribution is -2.81. The zero-order valence-electron chi connectivity index (χ0n) is 41.6. The van der Waals surface area contributed by atoms with Crippen LogP contribution in [0.15, 0.2) is 34.9 Å². The van der Waals surface area contributed by atoms with Crippen molar-refractivity contribution in [3.05, 3.63) is 51.6 Å². The maximum absolute atomic E-state index is 13.1. The standard InChI is InChI=1S/C57H72N2O13/c1-28-40(29(2)61)44(64)42-33(43(28)63)18-30(49(67)68)19-38(42)70-50-45(65)47(66)57-21-35-41-32(37(72-57)9-8-36(62)48(57)71-50)6-7-34(41)55(16-17-60)27-69-23-31-20-52-25-54(22-39(52)58-59-56(35,26-52)46(31)55)13-5-12-53(54)15-14-51(24-53)10-3-4-11-51/h7,18-19,31,35-37,39,45-48,50,58-60,62-66H,3-6,8-17,20-27H2,1-2H3,(H,67,68). The van der Waals surface area contributed by atoms with Gasteiger partial charge in [0.05, 0.1) is 35.3 Å². The molecule has 6 spiro atoms. The summed E-state index contributed by atoms with van der Waals surface area (Å²) in [6, 6.07) is 2.57. The molecule has 7 aliphatic carbocycles. The highest BCUT2D eigenvalue weighted by Gasteiger charge is 2.78. The summed E-state index contributed by atoms with van der Waals surface area (Å²) in [5.41, 5.74) is 9.81. The van der Waals surface area contributed by atoms with Crippen LogP contribution < -0.4 is 15.6 Å². The fraction of sp³-hybridized carbons (Fsp3) is 0.719. The number of aromatic hydroxyl groups is 2. The molecule has 4 bridgehead atoms. The van der Waals surface area contributed by atoms with E-state index in [0.29, 0.717) is 43.3 Å². The van der Waals surface area contributed by atoms with E-state index in [9.17, 15) is 45.3 Å². The van der Waals surface area contributed by atoms with E-state index in [0.717, 1.165) is 30.9 Å². The van der Waals surface area contributed by atoms with E-state index in [2.05, 4.69) is 16.9 Å². The first kappa shape index (κ1) is 46.9. The zero-order valence-corrected chi connectivity index (χ0v) is 41.6. The smallest absolute Gasteiger partial charge is 0.335 e. The van der Waals surface area contributed by atoms with Gasteiger partial charge >= 0.3 is 5.97 Å². The third-order valence-corrected chi connectivity index (χ3v) is 22.9. The third-order valence-electron chi connectivity index (χ3n) is 22.9. The second kappa shape index (κ2) is 15.5. The molecule has 2 aromatic rings. The summed E-state index contributed by atoms with van der Waals surface area (Å²) in [5.74, 6) is -3.21. The van der Waals surface area contributed by atoms with Gasteiger partial charge in [0.25, 0.3) is 0 Å². The molecule has 10 fully saturated rings. The second-order valence-electron chi connectivity index (χ2n) is 25.8. The van der Waals surface area contributed by atoms with E-state index in [4.69, 9.17) is 18.9 Å². The van der Waals surface area contributed by atoms with Gasteiger partial charge in [-0.3, -0.25) is 15.6 Å². The van der Waals surface area contributed by atoms with E-state index in [-0.39, 0.29) is 87.3 Å². The van der Waals surface area contributed by atoms with Gasteiger partial charge in [-0.2, -0.15) is 0 Å². The van der Waals surface area contributed by atoms with Crippen molar-refractivity contribution in [2.24, 2.45) is 44.8 Å². The van der Waals surface area contributed by atoms with E-state index >= 15 is 0 Å². The Labute approximate surface area is 419 Å². The van der Waals surface area contributed by atoms with Gasteiger partial charge in [-0.25, -0.2) is 4.79 Å². The lowest BCUT2D eigenvalue weighted by atomic mass is 9.39. The number of aliphatic hydroxyl groups excluding tert-OH is 4. The SMILES string of the molecule is CC(=O)c1c(C)c(O)c2cc(C(=O)O)cc(OC3OC4C(O)CCC5OC4(CC4C6=C5CC=C6C5(CCO)COCC6CC78CC4(NNC7CC4(CCCC47CCC4(CCCC4)C7)C8)C65)C(O)C3O)c2c1O. The molecule has 16 atom stereocenters. The Hall–Kier alpha value is -3.64. The number of carboxylic acids is 1. The molecule has 14 rings (SSSR count). The van der Waals surface area contributed by atoms with Gasteiger partial charge < -0.3 is 54.7 Å². The number of hydrazine groups is 1. The summed E-state index contributed by atoms with van der Waals surface area (Å²) in [4.78, 5) is 25.4. The van der Waals surface area contributed by atoms with Crippen LogP contribution in [0.2, 0.25) is 0 Å². The molecule has 4 saturated heterocycles. The minimum atomic E-state index is -1.82. The van der Waals surface area contributed by atoms with Crippen LogP contribution in [-0.2, 0) is 14.2 Å². The number of fused-ring (bicyclic) bond motifs is 5. The molecule has 15 heteroatoms. The number of aromatic carboxylic acids is 1. The van der Waals surface area contributed by atoms with Gasteiger partial charge in [0.2, 0.25) is 6.29 Å². The first-order valence-electron chi connectivity index (χ1n) is 27.4. The molecule has 12 aliphatic rings. The van der Waals surface area contributed by atoms with Crippen molar-refractivity contribution < 1.29 is 64.3 Å². The second-order valence-corrected chi connectivity index (χ2v) is 25.8. The number of carbonyl (C=O) groups is 2. The molecule has 15 nitrogen and oxygen atoms in total. The number of phenolic OH excluding ortho intramolecular Hbond substituents is 2. The van der Waals surface area contributed by atoms with Crippen LogP contribution in [-0.4, -0.2) is 121 Å². The minimum Gasteiger partial charge on any atom is -0.507 e. The van der Waals surface area contributed by atoms with E-state index in [1.807, 2.05) is 0 Å². The number of hydrogen-bond donors (Lipinski definition) is 9. The molecule has 0 amide bonds. The Kier molecular flexibility index (Phi) is 10.1. The van der Waals surface area contributed by atoms with Gasteiger partial charge in [-0.1, -0.05) is 25.3 Å². The van der Waals surface area contributed by atoms with Gasteiger partial charge in [0.15, 0.2) is 5.78 Å². The highest BCUT2D eigenvalue weighted by molar-refractivity contribution is 6.11. The van der Waals surface area contributed by atoms with E-state index in [1.54, 1.807) is 0 Å². The summed E-state index contributed by atoms with van der Waals surface area (Å²) in [6.07, 6.45) is 14.0. The van der Waals surface area contributed by atoms with Gasteiger partial charge in [0, 0.05) is 47.1 Å². The van der Waals surface area contributed by atoms with Gasteiger partial charge in [0.1, 0.15) is 41.2 Å². The molecule has 5 heterocycles. The van der Waals surface area contributed by atoms with Crippen molar-refractivity contribution in [3.8, 4) is 17.2 Å². The van der Waals surface area contributed by atoms with Crippen LogP contribution in [0.3, 0.4) is 0 Å². The summed E-state index contributed by atoms with van der Waals surface area (Å²) >= 11 is 0. The quantitative estimate of drug-likeness (QED) is 0.110. The first-order chi connectivity index (χ1) is 34.5. The number of ether oxygens (including phenoxy) is 4. The summed E-state index contributed by atoms with van der Waals surface area (Å²) < 4.78 is 27.4.